The first-order valence-electron chi connectivity index (χ1n) is 15.7. The van der Waals surface area contributed by atoms with Crippen LogP contribution in [0, 0.1) is 13.8 Å². The first kappa shape index (κ1) is 27.7. The number of rotatable bonds is 5. The lowest BCUT2D eigenvalue weighted by Crippen LogP contribution is -1.95. The Labute approximate surface area is 269 Å². The van der Waals surface area contributed by atoms with Crippen molar-refractivity contribution in [3.63, 3.8) is 0 Å². The molecule has 0 aliphatic rings. The molecule has 0 bridgehead atoms. The molecule has 0 radical (unpaired) electrons. The number of hydrogen-bond donors (Lipinski definition) is 0. The van der Waals surface area contributed by atoms with Crippen LogP contribution in [0.1, 0.15) is 11.4 Å². The van der Waals surface area contributed by atoms with Crippen molar-refractivity contribution in [2.24, 2.45) is 0 Å². The number of pyridine rings is 2. The molecule has 2 heterocycles. The van der Waals surface area contributed by atoms with Crippen molar-refractivity contribution < 1.29 is 0 Å². The maximum absolute atomic E-state index is 5.30. The molecule has 0 N–H and O–H groups in total. The van der Waals surface area contributed by atoms with Crippen LogP contribution in [0.15, 0.2) is 158 Å². The topological polar surface area (TPSA) is 25.8 Å². The van der Waals surface area contributed by atoms with Gasteiger partial charge in [0.2, 0.25) is 0 Å². The third-order valence-electron chi connectivity index (χ3n) is 8.85. The van der Waals surface area contributed by atoms with Crippen molar-refractivity contribution in [1.82, 2.24) is 9.97 Å². The Balaban J connectivity index is 1.42. The summed E-state index contributed by atoms with van der Waals surface area (Å²) in [7, 11) is 0. The Morgan fingerprint density at radius 3 is 1.63 bits per heavy atom. The quantitative estimate of drug-likeness (QED) is 0.187. The van der Waals surface area contributed by atoms with Gasteiger partial charge in [-0.05, 0) is 106 Å². The molecule has 46 heavy (non-hydrogen) atoms. The molecule has 8 rings (SSSR count). The van der Waals surface area contributed by atoms with Crippen molar-refractivity contribution in [3.05, 3.63) is 169 Å². The number of fused-ring (bicyclic) bond motifs is 3. The van der Waals surface area contributed by atoms with Crippen LogP contribution in [0.25, 0.3) is 77.4 Å². The average Bonchev–Trinajstić information content (AvgIpc) is 3.11. The van der Waals surface area contributed by atoms with Gasteiger partial charge in [-0.15, -0.1) is 0 Å². The second kappa shape index (κ2) is 11.6. The van der Waals surface area contributed by atoms with E-state index in [1.807, 2.05) is 13.0 Å². The van der Waals surface area contributed by atoms with Crippen molar-refractivity contribution in [2.45, 2.75) is 13.8 Å². The first-order valence-corrected chi connectivity index (χ1v) is 15.7. The minimum absolute atomic E-state index is 0.936. The lowest BCUT2D eigenvalue weighted by atomic mass is 9.89. The third kappa shape index (κ3) is 5.14. The van der Waals surface area contributed by atoms with Crippen molar-refractivity contribution in [3.8, 4) is 55.9 Å². The SMILES string of the molecule is Cc1ccc(-c2cc(-c3cc(-c4ccccc4)cc(-c4ccccc4)n3)cc(-c3cc4ccccc4c4ccccc34)c2)c(C)n1. The predicted molar refractivity (Wildman–Crippen MR) is 194 cm³/mol. The summed E-state index contributed by atoms with van der Waals surface area (Å²) >= 11 is 0. The van der Waals surface area contributed by atoms with Gasteiger partial charge in [-0.3, -0.25) is 4.98 Å². The molecular formula is C44H32N2. The first-order chi connectivity index (χ1) is 22.6. The fraction of sp³-hybridized carbons (Fsp3) is 0.0455. The summed E-state index contributed by atoms with van der Waals surface area (Å²) in [6.45, 7) is 4.14. The van der Waals surface area contributed by atoms with E-state index in [9.17, 15) is 0 Å². The van der Waals surface area contributed by atoms with Crippen LogP contribution in [-0.4, -0.2) is 9.97 Å². The van der Waals surface area contributed by atoms with Gasteiger partial charge < -0.3 is 0 Å². The Morgan fingerprint density at radius 2 is 0.913 bits per heavy atom. The van der Waals surface area contributed by atoms with Gasteiger partial charge in [0.05, 0.1) is 11.4 Å². The monoisotopic (exact) mass is 588 g/mol. The van der Waals surface area contributed by atoms with E-state index in [1.165, 1.54) is 32.7 Å². The molecular weight excluding hydrogens is 556 g/mol. The average molecular weight is 589 g/mol. The molecule has 0 saturated carbocycles. The Kier molecular flexibility index (Phi) is 6.96. The molecule has 218 valence electrons. The Bertz CT molecular complexity index is 2320. The van der Waals surface area contributed by atoms with E-state index in [4.69, 9.17) is 9.97 Å². The second-order valence-corrected chi connectivity index (χ2v) is 11.9. The maximum Gasteiger partial charge on any atom is 0.0716 e. The molecule has 0 amide bonds. The van der Waals surface area contributed by atoms with Gasteiger partial charge in [-0.1, -0.05) is 115 Å². The lowest BCUT2D eigenvalue weighted by molar-refractivity contribution is 1.13. The lowest BCUT2D eigenvalue weighted by Gasteiger charge is -2.16. The zero-order valence-corrected chi connectivity index (χ0v) is 25.9. The normalized spacial score (nSPS) is 11.3. The van der Waals surface area contributed by atoms with Crippen LogP contribution in [-0.2, 0) is 0 Å². The second-order valence-electron chi connectivity index (χ2n) is 11.9. The predicted octanol–water partition coefficient (Wildman–Crippen LogP) is 11.7. The summed E-state index contributed by atoms with van der Waals surface area (Å²) in [5.41, 5.74) is 13.0. The largest absolute Gasteiger partial charge is 0.258 e. The van der Waals surface area contributed by atoms with E-state index < -0.39 is 0 Å². The van der Waals surface area contributed by atoms with Gasteiger partial charge in [-0.25, -0.2) is 4.98 Å². The van der Waals surface area contributed by atoms with Gasteiger partial charge in [0, 0.05) is 28.1 Å². The molecule has 0 fully saturated rings. The van der Waals surface area contributed by atoms with E-state index in [1.54, 1.807) is 0 Å². The molecule has 2 aromatic heterocycles. The molecule has 0 saturated heterocycles. The fourth-order valence-electron chi connectivity index (χ4n) is 6.60. The minimum Gasteiger partial charge on any atom is -0.258 e. The number of hydrogen-bond acceptors (Lipinski definition) is 2. The van der Waals surface area contributed by atoms with Crippen LogP contribution in [0.2, 0.25) is 0 Å². The van der Waals surface area contributed by atoms with Crippen LogP contribution >= 0.6 is 0 Å². The molecule has 2 heteroatoms. The minimum atomic E-state index is 0.936. The van der Waals surface area contributed by atoms with E-state index in [0.717, 1.165) is 56.2 Å². The number of nitrogens with zero attached hydrogens (tertiary/aromatic N) is 2. The van der Waals surface area contributed by atoms with Crippen LogP contribution in [0.4, 0.5) is 0 Å². The van der Waals surface area contributed by atoms with E-state index in [2.05, 4.69) is 159 Å². The van der Waals surface area contributed by atoms with Gasteiger partial charge in [0.15, 0.2) is 0 Å². The number of aryl methyl sites for hydroxylation is 2. The summed E-state index contributed by atoms with van der Waals surface area (Å²) in [5.74, 6) is 0. The molecule has 6 aromatic carbocycles. The van der Waals surface area contributed by atoms with Crippen LogP contribution in [0.3, 0.4) is 0 Å². The third-order valence-corrected chi connectivity index (χ3v) is 8.85. The molecule has 0 aliphatic carbocycles. The van der Waals surface area contributed by atoms with Gasteiger partial charge >= 0.3 is 0 Å². The highest BCUT2D eigenvalue weighted by Gasteiger charge is 2.16. The molecule has 2 nitrogen and oxygen atoms in total. The maximum atomic E-state index is 5.30. The van der Waals surface area contributed by atoms with Crippen LogP contribution < -0.4 is 0 Å². The number of aromatic nitrogens is 2. The highest BCUT2D eigenvalue weighted by molar-refractivity contribution is 6.14. The zero-order valence-electron chi connectivity index (χ0n) is 25.9. The number of benzene rings is 6. The van der Waals surface area contributed by atoms with Crippen molar-refractivity contribution >= 4 is 21.5 Å². The standard InChI is InChI=1S/C44H32N2/c1-29-21-22-38(30(2)45-29)35-23-36(42-26-33-17-9-10-18-39(33)40-19-11-12-20-41(40)42)25-37(24-35)44-28-34(31-13-5-3-6-14-31)27-43(46-44)32-15-7-4-8-16-32/h3-28H,1-2H3. The van der Waals surface area contributed by atoms with Gasteiger partial charge in [0.25, 0.3) is 0 Å². The summed E-state index contributed by atoms with van der Waals surface area (Å²) in [5, 5.41) is 4.98. The molecule has 0 aliphatic heterocycles. The highest BCUT2D eigenvalue weighted by atomic mass is 14.7. The molecule has 0 atom stereocenters. The Hall–Kier alpha value is -5.86. The van der Waals surface area contributed by atoms with E-state index >= 15 is 0 Å². The smallest absolute Gasteiger partial charge is 0.0716 e. The summed E-state index contributed by atoms with van der Waals surface area (Å²) in [4.78, 5) is 10.1. The summed E-state index contributed by atoms with van der Waals surface area (Å²) < 4.78 is 0. The summed E-state index contributed by atoms with van der Waals surface area (Å²) in [6, 6.07) is 56.4. The van der Waals surface area contributed by atoms with Gasteiger partial charge in [0.1, 0.15) is 0 Å². The highest BCUT2D eigenvalue weighted by Crippen LogP contribution is 2.40. The van der Waals surface area contributed by atoms with E-state index in [-0.39, 0.29) is 0 Å². The van der Waals surface area contributed by atoms with Crippen molar-refractivity contribution in [2.75, 3.05) is 0 Å². The molecule has 0 spiro atoms. The molecule has 0 unspecified atom stereocenters. The van der Waals surface area contributed by atoms with Crippen LogP contribution in [0.5, 0.6) is 0 Å². The fourth-order valence-corrected chi connectivity index (χ4v) is 6.60. The summed E-state index contributed by atoms with van der Waals surface area (Å²) in [6.07, 6.45) is 0. The Morgan fingerprint density at radius 1 is 0.348 bits per heavy atom. The van der Waals surface area contributed by atoms with Gasteiger partial charge in [-0.2, -0.15) is 0 Å². The van der Waals surface area contributed by atoms with E-state index in [0.29, 0.717) is 0 Å². The molecule has 8 aromatic rings. The van der Waals surface area contributed by atoms with Crippen molar-refractivity contribution in [1.29, 1.82) is 0 Å². The zero-order chi connectivity index (χ0) is 31.0.